The highest BCUT2D eigenvalue weighted by molar-refractivity contribution is 5.81. The van der Waals surface area contributed by atoms with Gasteiger partial charge in [0.15, 0.2) is 0 Å². The molecule has 2 N–H and O–H groups in total. The molecule has 4 nitrogen and oxygen atoms in total. The molecule has 4 heteroatoms. The molecule has 0 radical (unpaired) electrons. The number of hydrogen-bond acceptors (Lipinski definition) is 3. The summed E-state index contributed by atoms with van der Waals surface area (Å²) in [5.41, 5.74) is 6.97. The summed E-state index contributed by atoms with van der Waals surface area (Å²) in [5.74, 6) is 1.00. The van der Waals surface area contributed by atoms with E-state index in [1.165, 1.54) is 0 Å². The third kappa shape index (κ3) is 4.24. The van der Waals surface area contributed by atoms with Crippen LogP contribution in [0.4, 0.5) is 0 Å². The lowest BCUT2D eigenvalue weighted by Crippen LogP contribution is -2.45. The molecule has 1 unspecified atom stereocenters. The summed E-state index contributed by atoms with van der Waals surface area (Å²) in [6.45, 7) is 4.55. The SMILES string of the molecule is COc1ccccc1CCN(C)C(=O)C(N)C(C)C. The fourth-order valence-electron chi connectivity index (χ4n) is 1.85. The van der Waals surface area contributed by atoms with Crippen molar-refractivity contribution in [3.05, 3.63) is 29.8 Å². The van der Waals surface area contributed by atoms with Gasteiger partial charge in [0, 0.05) is 13.6 Å². The van der Waals surface area contributed by atoms with Crippen molar-refractivity contribution in [1.29, 1.82) is 0 Å². The molecule has 106 valence electrons. The van der Waals surface area contributed by atoms with Crippen LogP contribution in [-0.2, 0) is 11.2 Å². The number of benzene rings is 1. The first-order valence-electron chi connectivity index (χ1n) is 6.59. The normalized spacial score (nSPS) is 12.3. The van der Waals surface area contributed by atoms with E-state index >= 15 is 0 Å². The topological polar surface area (TPSA) is 55.6 Å². The van der Waals surface area contributed by atoms with Crippen molar-refractivity contribution in [2.24, 2.45) is 11.7 Å². The highest BCUT2D eigenvalue weighted by atomic mass is 16.5. The van der Waals surface area contributed by atoms with Gasteiger partial charge in [-0.15, -0.1) is 0 Å². The Bertz CT molecular complexity index is 418. The molecule has 0 heterocycles. The zero-order valence-electron chi connectivity index (χ0n) is 12.2. The van der Waals surface area contributed by atoms with Crippen LogP contribution in [0, 0.1) is 5.92 Å². The highest BCUT2D eigenvalue weighted by Crippen LogP contribution is 2.18. The Morgan fingerprint density at radius 1 is 1.37 bits per heavy atom. The highest BCUT2D eigenvalue weighted by Gasteiger charge is 2.20. The van der Waals surface area contributed by atoms with E-state index in [9.17, 15) is 4.79 Å². The summed E-state index contributed by atoms with van der Waals surface area (Å²) in [5, 5.41) is 0. The molecule has 0 saturated heterocycles. The number of carbonyl (C=O) groups excluding carboxylic acids is 1. The number of likely N-dealkylation sites (N-methyl/N-ethyl adjacent to an activating group) is 1. The minimum absolute atomic E-state index is 0.00935. The van der Waals surface area contributed by atoms with Crippen LogP contribution in [-0.4, -0.2) is 37.6 Å². The second-order valence-corrected chi connectivity index (χ2v) is 5.09. The average molecular weight is 264 g/mol. The number of carbonyl (C=O) groups is 1. The van der Waals surface area contributed by atoms with Gasteiger partial charge >= 0.3 is 0 Å². The third-order valence-corrected chi connectivity index (χ3v) is 3.29. The first-order chi connectivity index (χ1) is 8.97. The van der Waals surface area contributed by atoms with Gasteiger partial charge in [-0.25, -0.2) is 0 Å². The predicted octanol–water partition coefficient (Wildman–Crippen LogP) is 1.68. The van der Waals surface area contributed by atoms with Gasteiger partial charge in [0.1, 0.15) is 5.75 Å². The van der Waals surface area contributed by atoms with E-state index < -0.39 is 6.04 Å². The Morgan fingerprint density at radius 3 is 2.58 bits per heavy atom. The molecule has 1 rings (SSSR count). The monoisotopic (exact) mass is 264 g/mol. The summed E-state index contributed by atoms with van der Waals surface area (Å²) >= 11 is 0. The van der Waals surface area contributed by atoms with E-state index in [0.29, 0.717) is 6.54 Å². The summed E-state index contributed by atoms with van der Waals surface area (Å²) in [4.78, 5) is 13.7. The molecular formula is C15H24N2O2. The van der Waals surface area contributed by atoms with Gasteiger partial charge < -0.3 is 15.4 Å². The van der Waals surface area contributed by atoms with E-state index in [0.717, 1.165) is 17.7 Å². The lowest BCUT2D eigenvalue weighted by Gasteiger charge is -2.23. The summed E-state index contributed by atoms with van der Waals surface area (Å²) in [6, 6.07) is 7.42. The van der Waals surface area contributed by atoms with E-state index in [2.05, 4.69) is 0 Å². The smallest absolute Gasteiger partial charge is 0.239 e. The third-order valence-electron chi connectivity index (χ3n) is 3.29. The van der Waals surface area contributed by atoms with Crippen molar-refractivity contribution in [2.75, 3.05) is 20.7 Å². The molecule has 0 aliphatic rings. The minimum atomic E-state index is -0.428. The number of para-hydroxylation sites is 1. The second-order valence-electron chi connectivity index (χ2n) is 5.09. The molecule has 1 aromatic carbocycles. The Hall–Kier alpha value is -1.55. The largest absolute Gasteiger partial charge is 0.496 e. The number of nitrogens with two attached hydrogens (primary N) is 1. The molecule has 0 saturated carbocycles. The molecule has 1 atom stereocenters. The molecule has 1 amide bonds. The summed E-state index contributed by atoms with van der Waals surface area (Å²) in [6.07, 6.45) is 0.761. The van der Waals surface area contributed by atoms with E-state index in [-0.39, 0.29) is 11.8 Å². The maximum Gasteiger partial charge on any atom is 0.239 e. The molecule has 0 fully saturated rings. The van der Waals surface area contributed by atoms with Gasteiger partial charge in [-0.2, -0.15) is 0 Å². The fraction of sp³-hybridized carbons (Fsp3) is 0.533. The zero-order valence-corrected chi connectivity index (χ0v) is 12.2. The fourth-order valence-corrected chi connectivity index (χ4v) is 1.85. The lowest BCUT2D eigenvalue weighted by atomic mass is 10.0. The van der Waals surface area contributed by atoms with Crippen molar-refractivity contribution in [1.82, 2.24) is 4.90 Å². The number of amides is 1. The Labute approximate surface area is 115 Å². The first kappa shape index (κ1) is 15.5. The van der Waals surface area contributed by atoms with Crippen LogP contribution in [0.25, 0.3) is 0 Å². The van der Waals surface area contributed by atoms with Crippen LogP contribution in [0.3, 0.4) is 0 Å². The number of nitrogens with zero attached hydrogens (tertiary/aromatic N) is 1. The predicted molar refractivity (Wildman–Crippen MR) is 77.1 cm³/mol. The van der Waals surface area contributed by atoms with Crippen molar-refractivity contribution in [3.63, 3.8) is 0 Å². The van der Waals surface area contributed by atoms with Gasteiger partial charge in [-0.05, 0) is 24.0 Å². The maximum absolute atomic E-state index is 12.0. The number of hydrogen-bond donors (Lipinski definition) is 1. The Morgan fingerprint density at radius 2 is 2.00 bits per heavy atom. The van der Waals surface area contributed by atoms with Crippen LogP contribution in [0.15, 0.2) is 24.3 Å². The lowest BCUT2D eigenvalue weighted by molar-refractivity contribution is -0.132. The zero-order chi connectivity index (χ0) is 14.4. The first-order valence-corrected chi connectivity index (χ1v) is 6.59. The second kappa shape index (κ2) is 7.14. The van der Waals surface area contributed by atoms with Crippen molar-refractivity contribution in [2.45, 2.75) is 26.3 Å². The van der Waals surface area contributed by atoms with Gasteiger partial charge in [-0.3, -0.25) is 4.79 Å². The van der Waals surface area contributed by atoms with E-state index in [1.807, 2.05) is 38.1 Å². The summed E-state index contributed by atoms with van der Waals surface area (Å²) in [7, 11) is 3.45. The minimum Gasteiger partial charge on any atom is -0.496 e. The number of rotatable bonds is 6. The summed E-state index contributed by atoms with van der Waals surface area (Å²) < 4.78 is 5.30. The average Bonchev–Trinajstić information content (AvgIpc) is 2.43. The molecule has 19 heavy (non-hydrogen) atoms. The van der Waals surface area contributed by atoms with Gasteiger partial charge in [0.2, 0.25) is 5.91 Å². The van der Waals surface area contributed by atoms with Crippen molar-refractivity contribution < 1.29 is 9.53 Å². The van der Waals surface area contributed by atoms with Crippen LogP contribution in [0.2, 0.25) is 0 Å². The van der Waals surface area contributed by atoms with Crippen molar-refractivity contribution in [3.8, 4) is 5.75 Å². The maximum atomic E-state index is 12.0. The molecule has 0 bridgehead atoms. The molecular weight excluding hydrogens is 240 g/mol. The molecule has 1 aromatic rings. The van der Waals surface area contributed by atoms with E-state index in [1.54, 1.807) is 19.1 Å². The van der Waals surface area contributed by atoms with Crippen LogP contribution < -0.4 is 10.5 Å². The van der Waals surface area contributed by atoms with Gasteiger partial charge in [0.25, 0.3) is 0 Å². The Kier molecular flexibility index (Phi) is 5.83. The Balaban J connectivity index is 2.59. The quantitative estimate of drug-likeness (QED) is 0.850. The molecule has 0 aliphatic heterocycles. The van der Waals surface area contributed by atoms with E-state index in [4.69, 9.17) is 10.5 Å². The molecule has 0 spiro atoms. The standard InChI is InChI=1S/C15H24N2O2/c1-11(2)14(16)15(18)17(3)10-9-12-7-5-6-8-13(12)19-4/h5-8,11,14H,9-10,16H2,1-4H3. The van der Waals surface area contributed by atoms with Crippen LogP contribution >= 0.6 is 0 Å². The van der Waals surface area contributed by atoms with Gasteiger partial charge in [-0.1, -0.05) is 32.0 Å². The number of methoxy groups -OCH3 is 1. The van der Waals surface area contributed by atoms with Crippen molar-refractivity contribution >= 4 is 5.91 Å². The van der Waals surface area contributed by atoms with Gasteiger partial charge in [0.05, 0.1) is 13.2 Å². The van der Waals surface area contributed by atoms with Crippen LogP contribution in [0.1, 0.15) is 19.4 Å². The molecule has 0 aromatic heterocycles. The van der Waals surface area contributed by atoms with Crippen LogP contribution in [0.5, 0.6) is 5.75 Å². The molecule has 0 aliphatic carbocycles. The number of ether oxygens (including phenoxy) is 1.